The standard InChI is InChI=1S/C13H20N2O/c1-15(13-6-3-2-4-7-13)9-5-8-14-12-10-16-11-12/h2-4,6-7,12,14H,5,8-11H2,1H3. The molecule has 1 aromatic rings. The average molecular weight is 220 g/mol. The molecular formula is C13H20N2O. The third kappa shape index (κ3) is 3.22. The summed E-state index contributed by atoms with van der Waals surface area (Å²) < 4.78 is 5.11. The van der Waals surface area contributed by atoms with Gasteiger partial charge in [0.25, 0.3) is 0 Å². The van der Waals surface area contributed by atoms with E-state index in [-0.39, 0.29) is 0 Å². The molecule has 1 fully saturated rings. The maximum Gasteiger partial charge on any atom is 0.0643 e. The minimum absolute atomic E-state index is 0.599. The van der Waals surface area contributed by atoms with Crippen LogP contribution in [0.2, 0.25) is 0 Å². The molecule has 1 aliphatic heterocycles. The van der Waals surface area contributed by atoms with E-state index in [0.29, 0.717) is 6.04 Å². The van der Waals surface area contributed by atoms with Gasteiger partial charge in [0.15, 0.2) is 0 Å². The number of hydrogen-bond donors (Lipinski definition) is 1. The van der Waals surface area contributed by atoms with Gasteiger partial charge in [0.1, 0.15) is 0 Å². The molecule has 1 aromatic carbocycles. The fourth-order valence-corrected chi connectivity index (χ4v) is 1.79. The molecule has 0 unspecified atom stereocenters. The number of anilines is 1. The van der Waals surface area contributed by atoms with Gasteiger partial charge in [-0.1, -0.05) is 18.2 Å². The van der Waals surface area contributed by atoms with Crippen LogP contribution in [0.1, 0.15) is 6.42 Å². The summed E-state index contributed by atoms with van der Waals surface area (Å²) in [5.74, 6) is 0. The molecule has 0 atom stereocenters. The van der Waals surface area contributed by atoms with Gasteiger partial charge in [-0.25, -0.2) is 0 Å². The zero-order chi connectivity index (χ0) is 11.2. The maximum absolute atomic E-state index is 5.11. The van der Waals surface area contributed by atoms with Gasteiger partial charge in [-0.15, -0.1) is 0 Å². The molecule has 3 heteroatoms. The Labute approximate surface area is 97.4 Å². The number of rotatable bonds is 6. The van der Waals surface area contributed by atoms with E-state index < -0.39 is 0 Å². The summed E-state index contributed by atoms with van der Waals surface area (Å²) in [6.07, 6.45) is 1.17. The predicted octanol–water partition coefficient (Wildman–Crippen LogP) is 1.50. The van der Waals surface area contributed by atoms with Crippen LogP contribution in [0.3, 0.4) is 0 Å². The topological polar surface area (TPSA) is 24.5 Å². The van der Waals surface area contributed by atoms with Crippen molar-refractivity contribution in [3.05, 3.63) is 30.3 Å². The molecular weight excluding hydrogens is 200 g/mol. The molecule has 1 N–H and O–H groups in total. The predicted molar refractivity (Wildman–Crippen MR) is 66.9 cm³/mol. The molecule has 3 nitrogen and oxygen atoms in total. The number of hydrogen-bond acceptors (Lipinski definition) is 3. The van der Waals surface area contributed by atoms with Crippen molar-refractivity contribution >= 4 is 5.69 Å². The van der Waals surface area contributed by atoms with E-state index in [4.69, 9.17) is 4.74 Å². The van der Waals surface area contributed by atoms with Gasteiger partial charge in [0.2, 0.25) is 0 Å². The highest BCUT2D eigenvalue weighted by Crippen LogP contribution is 2.10. The van der Waals surface area contributed by atoms with Crippen molar-refractivity contribution in [2.45, 2.75) is 12.5 Å². The zero-order valence-corrected chi connectivity index (χ0v) is 9.86. The summed E-state index contributed by atoms with van der Waals surface area (Å²) in [5, 5.41) is 3.47. The molecule has 0 saturated carbocycles. The van der Waals surface area contributed by atoms with Crippen LogP contribution in [0, 0.1) is 0 Å². The average Bonchev–Trinajstić information content (AvgIpc) is 2.27. The second-order valence-corrected chi connectivity index (χ2v) is 4.30. The van der Waals surface area contributed by atoms with Gasteiger partial charge < -0.3 is 15.0 Å². The molecule has 1 aliphatic rings. The van der Waals surface area contributed by atoms with Crippen LogP contribution >= 0.6 is 0 Å². The summed E-state index contributed by atoms with van der Waals surface area (Å²) in [7, 11) is 2.14. The minimum Gasteiger partial charge on any atom is -0.378 e. The molecule has 88 valence electrons. The number of benzene rings is 1. The van der Waals surface area contributed by atoms with E-state index in [1.807, 2.05) is 0 Å². The zero-order valence-electron chi connectivity index (χ0n) is 9.86. The van der Waals surface area contributed by atoms with E-state index in [2.05, 4.69) is 47.6 Å². The number of para-hydroxylation sites is 1. The largest absolute Gasteiger partial charge is 0.378 e. The summed E-state index contributed by atoms with van der Waals surface area (Å²) in [6, 6.07) is 11.1. The van der Waals surface area contributed by atoms with E-state index in [1.54, 1.807) is 0 Å². The first-order chi connectivity index (χ1) is 7.86. The van der Waals surface area contributed by atoms with Gasteiger partial charge >= 0.3 is 0 Å². The maximum atomic E-state index is 5.11. The third-order valence-corrected chi connectivity index (χ3v) is 2.94. The van der Waals surface area contributed by atoms with Crippen molar-refractivity contribution in [2.24, 2.45) is 0 Å². The lowest BCUT2D eigenvalue weighted by atomic mass is 10.2. The van der Waals surface area contributed by atoms with Crippen molar-refractivity contribution in [2.75, 3.05) is 38.3 Å². The quantitative estimate of drug-likeness (QED) is 0.735. The van der Waals surface area contributed by atoms with E-state index in [0.717, 1.165) is 26.3 Å². The van der Waals surface area contributed by atoms with Crippen LogP contribution in [0.4, 0.5) is 5.69 Å². The Kier molecular flexibility index (Phi) is 4.19. The molecule has 0 radical (unpaired) electrons. The van der Waals surface area contributed by atoms with Crippen LogP contribution in [-0.4, -0.2) is 39.4 Å². The lowest BCUT2D eigenvalue weighted by molar-refractivity contribution is -0.00484. The Balaban J connectivity index is 1.62. The first-order valence-electron chi connectivity index (χ1n) is 5.93. The van der Waals surface area contributed by atoms with Crippen molar-refractivity contribution in [3.63, 3.8) is 0 Å². The molecule has 0 aromatic heterocycles. The van der Waals surface area contributed by atoms with Gasteiger partial charge in [0.05, 0.1) is 19.3 Å². The second kappa shape index (κ2) is 5.87. The molecule has 1 heterocycles. The molecule has 2 rings (SSSR count). The van der Waals surface area contributed by atoms with Crippen molar-refractivity contribution in [1.82, 2.24) is 5.32 Å². The monoisotopic (exact) mass is 220 g/mol. The first-order valence-corrected chi connectivity index (χ1v) is 5.93. The number of nitrogens with one attached hydrogen (secondary N) is 1. The number of nitrogens with zero attached hydrogens (tertiary/aromatic N) is 1. The van der Waals surface area contributed by atoms with Crippen molar-refractivity contribution in [3.8, 4) is 0 Å². The SMILES string of the molecule is CN(CCCNC1COC1)c1ccccc1. The molecule has 0 aliphatic carbocycles. The molecule has 0 bridgehead atoms. The van der Waals surface area contributed by atoms with Gasteiger partial charge in [-0.05, 0) is 25.1 Å². The highest BCUT2D eigenvalue weighted by Gasteiger charge is 2.16. The van der Waals surface area contributed by atoms with Gasteiger partial charge in [0, 0.05) is 19.3 Å². The lowest BCUT2D eigenvalue weighted by Crippen LogP contribution is -2.46. The Morgan fingerprint density at radius 3 is 2.69 bits per heavy atom. The minimum atomic E-state index is 0.599. The van der Waals surface area contributed by atoms with Crippen LogP contribution in [0.5, 0.6) is 0 Å². The Morgan fingerprint density at radius 1 is 1.31 bits per heavy atom. The molecule has 1 saturated heterocycles. The smallest absolute Gasteiger partial charge is 0.0643 e. The first kappa shape index (κ1) is 11.4. The van der Waals surface area contributed by atoms with Crippen molar-refractivity contribution in [1.29, 1.82) is 0 Å². The molecule has 0 amide bonds. The summed E-state index contributed by atoms with van der Waals surface area (Å²) in [5.41, 5.74) is 1.29. The highest BCUT2D eigenvalue weighted by molar-refractivity contribution is 5.44. The van der Waals surface area contributed by atoms with Gasteiger partial charge in [-0.2, -0.15) is 0 Å². The summed E-state index contributed by atoms with van der Waals surface area (Å²) in [6.45, 7) is 3.93. The normalized spacial score (nSPS) is 15.8. The van der Waals surface area contributed by atoms with E-state index in [1.165, 1.54) is 12.1 Å². The molecule has 16 heavy (non-hydrogen) atoms. The van der Waals surface area contributed by atoms with Gasteiger partial charge in [-0.3, -0.25) is 0 Å². The van der Waals surface area contributed by atoms with Crippen LogP contribution in [0.15, 0.2) is 30.3 Å². The highest BCUT2D eigenvalue weighted by atomic mass is 16.5. The van der Waals surface area contributed by atoms with E-state index >= 15 is 0 Å². The Hall–Kier alpha value is -1.06. The molecule has 0 spiro atoms. The fraction of sp³-hybridized carbons (Fsp3) is 0.538. The number of ether oxygens (including phenoxy) is 1. The van der Waals surface area contributed by atoms with Crippen LogP contribution < -0.4 is 10.2 Å². The second-order valence-electron chi connectivity index (χ2n) is 4.30. The van der Waals surface area contributed by atoms with Crippen LogP contribution in [0.25, 0.3) is 0 Å². The summed E-state index contributed by atoms with van der Waals surface area (Å²) >= 11 is 0. The third-order valence-electron chi connectivity index (χ3n) is 2.94. The lowest BCUT2D eigenvalue weighted by Gasteiger charge is -2.27. The Bertz CT molecular complexity index is 298. The summed E-state index contributed by atoms with van der Waals surface area (Å²) in [4.78, 5) is 2.29. The van der Waals surface area contributed by atoms with Crippen molar-refractivity contribution < 1.29 is 4.74 Å². The van der Waals surface area contributed by atoms with E-state index in [9.17, 15) is 0 Å². The van der Waals surface area contributed by atoms with Crippen LogP contribution in [-0.2, 0) is 4.74 Å². The fourth-order valence-electron chi connectivity index (χ4n) is 1.79. The Morgan fingerprint density at radius 2 is 2.06 bits per heavy atom.